The highest BCUT2D eigenvalue weighted by molar-refractivity contribution is 5.72. The maximum absolute atomic E-state index is 11.1. The molecule has 0 unspecified atom stereocenters. The largest absolute Gasteiger partial charge is 0.361 e. The maximum atomic E-state index is 11.1. The van der Waals surface area contributed by atoms with Gasteiger partial charge in [0.25, 0.3) is 0 Å². The Bertz CT molecular complexity index is 683. The number of hydrogen-bond donors (Lipinski definition) is 1. The van der Waals surface area contributed by atoms with Gasteiger partial charge in [0.2, 0.25) is 5.91 Å². The quantitative estimate of drug-likeness (QED) is 0.917. The lowest BCUT2D eigenvalue weighted by atomic mass is 10.1. The summed E-state index contributed by atoms with van der Waals surface area (Å²) in [6.45, 7) is 5.71. The minimum atomic E-state index is -0.0407. The predicted octanol–water partition coefficient (Wildman–Crippen LogP) is 2.35. The van der Waals surface area contributed by atoms with Crippen molar-refractivity contribution < 1.29 is 9.32 Å². The number of rotatable bonds is 5. The molecule has 1 N–H and O–H groups in total. The Balaban J connectivity index is 1.71. The van der Waals surface area contributed by atoms with Gasteiger partial charge in [-0.1, -0.05) is 11.2 Å². The zero-order valence-electron chi connectivity index (χ0n) is 13.6. The highest BCUT2D eigenvalue weighted by Gasteiger charge is 2.27. The van der Waals surface area contributed by atoms with Gasteiger partial charge in [0.15, 0.2) is 0 Å². The number of nitrogens with one attached hydrogen (secondary N) is 1. The molecule has 122 valence electrons. The number of carbonyl (C=O) groups excluding carboxylic acids is 1. The smallest absolute Gasteiger partial charge is 0.217 e. The molecule has 0 saturated carbocycles. The second-order valence-electron chi connectivity index (χ2n) is 6.02. The Labute approximate surface area is 135 Å². The summed E-state index contributed by atoms with van der Waals surface area (Å²) in [6.07, 6.45) is 2.24. The highest BCUT2D eigenvalue weighted by atomic mass is 16.5. The molecular formula is C17H22N4O2. The normalized spacial score (nSPS) is 18.3. The first-order chi connectivity index (χ1) is 11.1. The Hall–Kier alpha value is -2.21. The first kappa shape index (κ1) is 15.7. The average molecular weight is 314 g/mol. The van der Waals surface area contributed by atoms with Crippen LogP contribution in [-0.2, 0) is 17.9 Å². The van der Waals surface area contributed by atoms with E-state index < -0.39 is 0 Å². The fourth-order valence-corrected chi connectivity index (χ4v) is 3.05. The third kappa shape index (κ3) is 3.96. The summed E-state index contributed by atoms with van der Waals surface area (Å²) in [4.78, 5) is 18.2. The van der Waals surface area contributed by atoms with Gasteiger partial charge >= 0.3 is 0 Å². The molecule has 0 aromatic carbocycles. The zero-order valence-corrected chi connectivity index (χ0v) is 13.6. The van der Waals surface area contributed by atoms with Crippen molar-refractivity contribution in [3.63, 3.8) is 0 Å². The molecule has 0 bridgehead atoms. The van der Waals surface area contributed by atoms with Crippen LogP contribution in [0.1, 0.15) is 48.6 Å². The van der Waals surface area contributed by atoms with Crippen LogP contribution in [0.5, 0.6) is 0 Å². The number of nitrogens with zero attached hydrogens (tertiary/aromatic N) is 3. The van der Waals surface area contributed by atoms with Crippen LogP contribution in [0.3, 0.4) is 0 Å². The van der Waals surface area contributed by atoms with Gasteiger partial charge in [-0.15, -0.1) is 0 Å². The van der Waals surface area contributed by atoms with Crippen LogP contribution in [0, 0.1) is 6.92 Å². The third-order valence-corrected chi connectivity index (χ3v) is 4.09. The summed E-state index contributed by atoms with van der Waals surface area (Å²) in [5, 5.41) is 6.89. The average Bonchev–Trinajstić information content (AvgIpc) is 3.15. The Morgan fingerprint density at radius 1 is 1.43 bits per heavy atom. The van der Waals surface area contributed by atoms with Gasteiger partial charge in [0.05, 0.1) is 29.7 Å². The van der Waals surface area contributed by atoms with Gasteiger partial charge in [-0.25, -0.2) is 0 Å². The van der Waals surface area contributed by atoms with Crippen molar-refractivity contribution in [3.8, 4) is 0 Å². The number of aryl methyl sites for hydroxylation is 1. The molecule has 1 atom stereocenters. The van der Waals surface area contributed by atoms with Crippen molar-refractivity contribution in [2.75, 3.05) is 6.54 Å². The van der Waals surface area contributed by atoms with E-state index in [9.17, 15) is 4.79 Å². The van der Waals surface area contributed by atoms with Crippen molar-refractivity contribution >= 4 is 5.91 Å². The lowest BCUT2D eigenvalue weighted by Crippen LogP contribution is -2.24. The van der Waals surface area contributed by atoms with Crippen molar-refractivity contribution in [1.29, 1.82) is 0 Å². The lowest BCUT2D eigenvalue weighted by molar-refractivity contribution is -0.119. The number of carbonyl (C=O) groups is 1. The van der Waals surface area contributed by atoms with E-state index in [1.807, 2.05) is 25.1 Å². The molecule has 0 spiro atoms. The van der Waals surface area contributed by atoms with E-state index in [0.29, 0.717) is 12.6 Å². The number of likely N-dealkylation sites (tertiary alicyclic amines) is 1. The van der Waals surface area contributed by atoms with E-state index in [-0.39, 0.29) is 5.91 Å². The first-order valence-electron chi connectivity index (χ1n) is 7.98. The van der Waals surface area contributed by atoms with Gasteiger partial charge in [0, 0.05) is 19.5 Å². The third-order valence-electron chi connectivity index (χ3n) is 4.09. The van der Waals surface area contributed by atoms with Crippen LogP contribution in [0.25, 0.3) is 0 Å². The molecular weight excluding hydrogens is 292 g/mol. The molecule has 3 rings (SSSR count). The van der Waals surface area contributed by atoms with E-state index in [1.165, 1.54) is 6.92 Å². The molecule has 6 heteroatoms. The Morgan fingerprint density at radius 2 is 2.30 bits per heavy atom. The van der Waals surface area contributed by atoms with Gasteiger partial charge in [-0.3, -0.25) is 14.7 Å². The van der Waals surface area contributed by atoms with E-state index in [4.69, 9.17) is 9.51 Å². The van der Waals surface area contributed by atoms with E-state index >= 15 is 0 Å². The van der Waals surface area contributed by atoms with Gasteiger partial charge in [-0.2, -0.15) is 0 Å². The molecule has 6 nitrogen and oxygen atoms in total. The van der Waals surface area contributed by atoms with Crippen LogP contribution in [0.4, 0.5) is 0 Å². The standard InChI is InChI=1S/C17H22N4O2/c1-12-9-15(20-23-12)11-21-8-4-7-17(21)16-6-3-5-14(19-16)10-18-13(2)22/h3,5-6,9,17H,4,7-8,10-11H2,1-2H3,(H,18,22)/t17-/m0/s1. The van der Waals surface area contributed by atoms with Crippen LogP contribution < -0.4 is 5.32 Å². The van der Waals surface area contributed by atoms with Crippen LogP contribution >= 0.6 is 0 Å². The van der Waals surface area contributed by atoms with Gasteiger partial charge in [-0.05, 0) is 38.4 Å². The molecule has 1 aliphatic rings. The van der Waals surface area contributed by atoms with Gasteiger partial charge in [0.1, 0.15) is 5.76 Å². The fourth-order valence-electron chi connectivity index (χ4n) is 3.05. The van der Waals surface area contributed by atoms with Crippen molar-refractivity contribution in [2.24, 2.45) is 0 Å². The number of pyridine rings is 1. The van der Waals surface area contributed by atoms with Crippen LogP contribution in [0.2, 0.25) is 0 Å². The molecule has 1 fully saturated rings. The van der Waals surface area contributed by atoms with Crippen molar-refractivity contribution in [1.82, 2.24) is 20.4 Å². The predicted molar refractivity (Wildman–Crippen MR) is 85.4 cm³/mol. The molecule has 0 aliphatic carbocycles. The molecule has 1 amide bonds. The molecule has 3 heterocycles. The number of amides is 1. The molecule has 0 radical (unpaired) electrons. The van der Waals surface area contributed by atoms with Crippen LogP contribution in [-0.4, -0.2) is 27.5 Å². The summed E-state index contributed by atoms with van der Waals surface area (Å²) in [7, 11) is 0. The van der Waals surface area contributed by atoms with Crippen molar-refractivity contribution in [2.45, 2.75) is 45.8 Å². The fraction of sp³-hybridized carbons (Fsp3) is 0.471. The number of aromatic nitrogens is 2. The molecule has 23 heavy (non-hydrogen) atoms. The molecule has 1 saturated heterocycles. The topological polar surface area (TPSA) is 71.3 Å². The van der Waals surface area contributed by atoms with Gasteiger partial charge < -0.3 is 9.84 Å². The summed E-state index contributed by atoms with van der Waals surface area (Å²) >= 11 is 0. The Kier molecular flexibility index (Phi) is 4.71. The van der Waals surface area contributed by atoms with E-state index in [1.54, 1.807) is 0 Å². The highest BCUT2D eigenvalue weighted by Crippen LogP contribution is 2.32. The van der Waals surface area contributed by atoms with Crippen LogP contribution in [0.15, 0.2) is 28.8 Å². The lowest BCUT2D eigenvalue weighted by Gasteiger charge is -2.23. The number of hydrogen-bond acceptors (Lipinski definition) is 5. The van der Waals surface area contributed by atoms with E-state index in [0.717, 1.165) is 48.8 Å². The first-order valence-corrected chi connectivity index (χ1v) is 7.98. The van der Waals surface area contributed by atoms with E-state index in [2.05, 4.69) is 21.4 Å². The minimum absolute atomic E-state index is 0.0407. The second-order valence-corrected chi connectivity index (χ2v) is 6.02. The summed E-state index contributed by atoms with van der Waals surface area (Å²) < 4.78 is 5.16. The summed E-state index contributed by atoms with van der Waals surface area (Å²) in [5.41, 5.74) is 2.91. The zero-order chi connectivity index (χ0) is 16.2. The van der Waals surface area contributed by atoms with Crippen molar-refractivity contribution in [3.05, 3.63) is 47.1 Å². The minimum Gasteiger partial charge on any atom is -0.361 e. The molecule has 2 aromatic heterocycles. The summed E-state index contributed by atoms with van der Waals surface area (Å²) in [6, 6.07) is 8.30. The molecule has 1 aliphatic heterocycles. The SMILES string of the molecule is CC(=O)NCc1cccc([C@@H]2CCCN2Cc2cc(C)on2)n1. The Morgan fingerprint density at radius 3 is 3.04 bits per heavy atom. The monoisotopic (exact) mass is 314 g/mol. The molecule has 2 aromatic rings. The summed E-state index contributed by atoms with van der Waals surface area (Å²) in [5.74, 6) is 0.798. The maximum Gasteiger partial charge on any atom is 0.217 e. The second kappa shape index (κ2) is 6.91.